The number of hydrogen-bond acceptors (Lipinski definition) is 6. The fourth-order valence-electron chi connectivity index (χ4n) is 3.56. The molecule has 30 heavy (non-hydrogen) atoms. The molecule has 0 spiro atoms. The number of quaternary nitrogens is 1. The van der Waals surface area contributed by atoms with Crippen molar-refractivity contribution in [3.05, 3.63) is 82.8 Å². The maximum Gasteiger partial charge on any atom is 0.350 e. The molecule has 2 aliphatic rings. The first-order chi connectivity index (χ1) is 14.6. The molecule has 0 saturated heterocycles. The number of fused-ring (bicyclic) bond motifs is 3. The van der Waals surface area contributed by atoms with Gasteiger partial charge in [0.15, 0.2) is 11.5 Å². The summed E-state index contributed by atoms with van der Waals surface area (Å²) in [6.45, 7) is 0.872. The molecule has 0 amide bonds. The molecule has 3 aromatic rings. The molecule has 3 heterocycles. The number of benzene rings is 2. The summed E-state index contributed by atoms with van der Waals surface area (Å²) in [6.07, 6.45) is 3.14. The second kappa shape index (κ2) is 7.05. The third-order valence-electron chi connectivity index (χ3n) is 5.05. The maximum atomic E-state index is 12.6. The first-order valence-electron chi connectivity index (χ1n) is 9.41. The molecule has 5 N–H and O–H groups in total. The zero-order chi connectivity index (χ0) is 20.7. The number of rotatable bonds is 4. The predicted octanol–water partition coefficient (Wildman–Crippen LogP) is 1.04. The van der Waals surface area contributed by atoms with E-state index >= 15 is 0 Å². The Hall–Kier alpha value is -4.11. The molecule has 2 aliphatic heterocycles. The van der Waals surface area contributed by atoms with Gasteiger partial charge in [0.25, 0.3) is 0 Å². The lowest BCUT2D eigenvalue weighted by Gasteiger charge is -2.04. The highest BCUT2D eigenvalue weighted by molar-refractivity contribution is 5.85. The summed E-state index contributed by atoms with van der Waals surface area (Å²) >= 11 is 0. The Kier molecular flexibility index (Phi) is 4.22. The van der Waals surface area contributed by atoms with Crippen molar-refractivity contribution in [3.63, 3.8) is 0 Å². The summed E-state index contributed by atoms with van der Waals surface area (Å²) < 4.78 is 3.41. The molecule has 0 atom stereocenters. The molecule has 148 valence electrons. The lowest BCUT2D eigenvalue weighted by Crippen LogP contribution is -2.41. The molecular weight excluding hydrogens is 380 g/mol. The topological polar surface area (TPSA) is 132 Å². The molecule has 0 fully saturated rings. The zero-order valence-electron chi connectivity index (χ0n) is 16.1. The average molecular weight is 399 g/mol. The van der Waals surface area contributed by atoms with Crippen molar-refractivity contribution < 1.29 is 5.73 Å². The van der Waals surface area contributed by atoms with Gasteiger partial charge in [0.05, 0.1) is 19.4 Å². The van der Waals surface area contributed by atoms with Crippen LogP contribution in [0.25, 0.3) is 22.7 Å². The van der Waals surface area contributed by atoms with E-state index in [0.717, 1.165) is 16.8 Å². The fraction of sp³-hybridized carbons (Fsp3) is 0.0952. The highest BCUT2D eigenvalue weighted by Gasteiger charge is 2.21. The predicted molar refractivity (Wildman–Crippen MR) is 112 cm³/mol. The number of nitrogens with two attached hydrogens (primary N) is 1. The van der Waals surface area contributed by atoms with Gasteiger partial charge >= 0.3 is 5.69 Å². The first kappa shape index (κ1) is 18.0. The van der Waals surface area contributed by atoms with Crippen molar-refractivity contribution in [2.45, 2.75) is 13.1 Å². The van der Waals surface area contributed by atoms with Crippen molar-refractivity contribution in [3.8, 4) is 11.5 Å². The van der Waals surface area contributed by atoms with Gasteiger partial charge in [-0.05, 0) is 23.8 Å². The number of nitrogens with zero attached hydrogens (tertiary/aromatic N) is 6. The van der Waals surface area contributed by atoms with Crippen molar-refractivity contribution in [1.29, 1.82) is 0 Å². The minimum absolute atomic E-state index is 0.314. The van der Waals surface area contributed by atoms with Crippen LogP contribution in [0.2, 0.25) is 0 Å². The van der Waals surface area contributed by atoms with Crippen LogP contribution in [-0.2, 0) is 13.1 Å². The SMILES string of the molecule is Nc1cccc(Cn2c3ncnc4c(ncn4Cc4ccccc4[NH3+])c-3nc2=O)c1. The molecule has 0 radical (unpaired) electrons. The molecule has 9 heteroatoms. The quantitative estimate of drug-likeness (QED) is 0.434. The fourth-order valence-corrected chi connectivity index (χ4v) is 3.56. The van der Waals surface area contributed by atoms with E-state index in [0.29, 0.717) is 41.5 Å². The summed E-state index contributed by atoms with van der Waals surface area (Å²) in [7, 11) is 0. The normalized spacial score (nSPS) is 11.4. The van der Waals surface area contributed by atoms with E-state index in [1.807, 2.05) is 47.0 Å². The number of nitrogen functional groups attached to an aromatic ring is 1. The molecule has 9 nitrogen and oxygen atoms in total. The van der Waals surface area contributed by atoms with Gasteiger partial charge in [-0.1, -0.05) is 30.3 Å². The Morgan fingerprint density at radius 1 is 1.00 bits per heavy atom. The van der Waals surface area contributed by atoms with Crippen LogP contribution in [0.4, 0.5) is 11.4 Å². The smallest absolute Gasteiger partial charge is 0.350 e. The Labute approximate surface area is 171 Å². The van der Waals surface area contributed by atoms with Crippen molar-refractivity contribution >= 4 is 22.5 Å². The van der Waals surface area contributed by atoms with Gasteiger partial charge in [-0.15, -0.1) is 0 Å². The molecule has 2 aromatic carbocycles. The van der Waals surface area contributed by atoms with Crippen LogP contribution in [0.1, 0.15) is 11.1 Å². The van der Waals surface area contributed by atoms with Crippen LogP contribution in [0, 0.1) is 0 Å². The Morgan fingerprint density at radius 2 is 1.87 bits per heavy atom. The number of aromatic nitrogens is 6. The van der Waals surface area contributed by atoms with Gasteiger partial charge in [0.2, 0.25) is 0 Å². The van der Waals surface area contributed by atoms with E-state index in [1.54, 1.807) is 12.4 Å². The number of imidazole rings is 2. The minimum Gasteiger partial charge on any atom is -0.399 e. The largest absolute Gasteiger partial charge is 0.399 e. The van der Waals surface area contributed by atoms with Crippen LogP contribution in [0.3, 0.4) is 0 Å². The third kappa shape index (κ3) is 3.07. The van der Waals surface area contributed by atoms with E-state index in [1.165, 1.54) is 10.9 Å². The Morgan fingerprint density at radius 3 is 2.70 bits per heavy atom. The summed E-state index contributed by atoms with van der Waals surface area (Å²) in [5, 5.41) is 0. The summed E-state index contributed by atoms with van der Waals surface area (Å²) in [5.74, 6) is 0.438. The average Bonchev–Trinajstić information content (AvgIpc) is 3.19. The summed E-state index contributed by atoms with van der Waals surface area (Å²) in [5.41, 5.74) is 14.6. The highest BCUT2D eigenvalue weighted by atomic mass is 16.1. The molecule has 1 aromatic heterocycles. The van der Waals surface area contributed by atoms with Gasteiger partial charge in [-0.2, -0.15) is 4.98 Å². The zero-order valence-corrected chi connectivity index (χ0v) is 16.1. The molecule has 0 bridgehead atoms. The van der Waals surface area contributed by atoms with Crippen LogP contribution in [0.15, 0.2) is 66.0 Å². The van der Waals surface area contributed by atoms with E-state index < -0.39 is 0 Å². The van der Waals surface area contributed by atoms with Gasteiger partial charge in [-0.25, -0.2) is 19.7 Å². The highest BCUT2D eigenvalue weighted by Crippen LogP contribution is 2.24. The van der Waals surface area contributed by atoms with Crippen molar-refractivity contribution in [1.82, 2.24) is 29.1 Å². The van der Waals surface area contributed by atoms with Crippen LogP contribution >= 0.6 is 0 Å². The Bertz CT molecular complexity index is 1400. The molecule has 0 saturated carbocycles. The number of anilines is 1. The molecule has 5 rings (SSSR count). The van der Waals surface area contributed by atoms with Crippen molar-refractivity contribution in [2.24, 2.45) is 0 Å². The minimum atomic E-state index is -0.384. The third-order valence-corrected chi connectivity index (χ3v) is 5.05. The van der Waals surface area contributed by atoms with Crippen LogP contribution in [0.5, 0.6) is 0 Å². The van der Waals surface area contributed by atoms with E-state index in [2.05, 4.69) is 25.7 Å². The standard InChI is InChI=1S/C21H18N8O/c22-15-6-3-4-13(8-15)9-29-20-18(27-21(29)30)17-19(24-11-25-20)28(12-26-17)10-14-5-1-2-7-16(14)23/h1-8,11-12H,9-10,22-23H2/p+1. The van der Waals surface area contributed by atoms with E-state index in [9.17, 15) is 4.79 Å². The maximum absolute atomic E-state index is 12.6. The van der Waals surface area contributed by atoms with Crippen LogP contribution < -0.4 is 17.2 Å². The molecule has 0 aliphatic carbocycles. The van der Waals surface area contributed by atoms with Gasteiger partial charge in [0.1, 0.15) is 23.2 Å². The van der Waals surface area contributed by atoms with E-state index in [4.69, 9.17) is 5.73 Å². The second-order valence-electron chi connectivity index (χ2n) is 7.08. The first-order valence-corrected chi connectivity index (χ1v) is 9.41. The second-order valence-corrected chi connectivity index (χ2v) is 7.08. The Balaban J connectivity index is 1.59. The lowest BCUT2D eigenvalue weighted by atomic mass is 10.2. The monoisotopic (exact) mass is 399 g/mol. The van der Waals surface area contributed by atoms with Crippen molar-refractivity contribution in [2.75, 3.05) is 5.73 Å². The van der Waals surface area contributed by atoms with Crippen LogP contribution in [-0.4, -0.2) is 29.1 Å². The van der Waals surface area contributed by atoms with Gasteiger partial charge < -0.3 is 16.0 Å². The van der Waals surface area contributed by atoms with E-state index in [-0.39, 0.29) is 5.69 Å². The number of hydrogen-bond donors (Lipinski definition) is 2. The molecular formula is C21H19N8O+. The summed E-state index contributed by atoms with van der Waals surface area (Å²) in [6, 6.07) is 15.3. The summed E-state index contributed by atoms with van der Waals surface area (Å²) in [4.78, 5) is 30.2. The van der Waals surface area contributed by atoms with Gasteiger partial charge in [-0.3, -0.25) is 4.57 Å². The van der Waals surface area contributed by atoms with Gasteiger partial charge in [0, 0.05) is 11.3 Å². The molecule has 0 unspecified atom stereocenters. The lowest BCUT2D eigenvalue weighted by molar-refractivity contribution is -0.255.